The molecule has 30 heavy (non-hydrogen) atoms. The van der Waals surface area contributed by atoms with Crippen LogP contribution in [0.15, 0.2) is 53.5 Å². The van der Waals surface area contributed by atoms with Crippen LogP contribution in [0, 0.1) is 0 Å². The molecule has 2 aromatic rings. The number of guanidine groups is 1. The minimum Gasteiger partial charge on any atom is -0.406 e. The Bertz CT molecular complexity index is 848. The quantitative estimate of drug-likeness (QED) is 0.491. The maximum atomic E-state index is 12.2. The molecule has 0 radical (unpaired) electrons. The highest BCUT2D eigenvalue weighted by molar-refractivity contribution is 5.92. The molecule has 0 atom stereocenters. The predicted molar refractivity (Wildman–Crippen MR) is 109 cm³/mol. The van der Waals surface area contributed by atoms with Crippen molar-refractivity contribution in [2.75, 3.05) is 18.4 Å². The summed E-state index contributed by atoms with van der Waals surface area (Å²) < 4.78 is 40.5. The molecule has 162 valence electrons. The minimum atomic E-state index is -4.73. The Hall–Kier alpha value is -2.78. The fraction of sp³-hybridized carbons (Fsp3) is 0.381. The van der Waals surface area contributed by atoms with E-state index in [1.165, 1.54) is 24.3 Å². The monoisotopic (exact) mass is 422 g/mol. The predicted octanol–water partition coefficient (Wildman–Crippen LogP) is 3.47. The number of aliphatic hydroxyl groups is 1. The normalized spacial score (nSPS) is 16.5. The van der Waals surface area contributed by atoms with Gasteiger partial charge >= 0.3 is 6.36 Å². The van der Waals surface area contributed by atoms with Crippen LogP contribution in [-0.4, -0.2) is 41.5 Å². The summed E-state index contributed by atoms with van der Waals surface area (Å²) in [5.41, 5.74) is 8.63. The fourth-order valence-corrected chi connectivity index (χ4v) is 3.28. The average molecular weight is 422 g/mol. The van der Waals surface area contributed by atoms with E-state index >= 15 is 0 Å². The number of halogens is 3. The zero-order chi connectivity index (χ0) is 21.6. The van der Waals surface area contributed by atoms with Gasteiger partial charge in [-0.3, -0.25) is 4.90 Å². The molecule has 0 bridgehead atoms. The van der Waals surface area contributed by atoms with E-state index in [1.807, 2.05) is 18.2 Å². The molecule has 0 spiro atoms. The second-order valence-corrected chi connectivity index (χ2v) is 7.17. The average Bonchev–Trinajstić information content (AvgIpc) is 2.69. The molecule has 1 heterocycles. The van der Waals surface area contributed by atoms with Crippen molar-refractivity contribution in [3.8, 4) is 5.75 Å². The Kier molecular flexibility index (Phi) is 7.17. The molecule has 0 aliphatic carbocycles. The van der Waals surface area contributed by atoms with Crippen LogP contribution >= 0.6 is 0 Å². The van der Waals surface area contributed by atoms with Crippen molar-refractivity contribution in [2.24, 2.45) is 10.7 Å². The largest absolute Gasteiger partial charge is 0.573 e. The topological polar surface area (TPSA) is 83.1 Å². The number of anilines is 1. The lowest BCUT2D eigenvalue weighted by Crippen LogP contribution is -2.35. The van der Waals surface area contributed by atoms with Gasteiger partial charge < -0.3 is 20.9 Å². The first-order valence-corrected chi connectivity index (χ1v) is 9.68. The van der Waals surface area contributed by atoms with Gasteiger partial charge in [0, 0.05) is 25.3 Å². The van der Waals surface area contributed by atoms with E-state index < -0.39 is 6.36 Å². The van der Waals surface area contributed by atoms with Crippen LogP contribution in [-0.2, 0) is 13.1 Å². The molecule has 0 unspecified atom stereocenters. The van der Waals surface area contributed by atoms with Crippen LogP contribution in [0.3, 0.4) is 0 Å². The van der Waals surface area contributed by atoms with Gasteiger partial charge in [0.25, 0.3) is 0 Å². The smallest absolute Gasteiger partial charge is 0.406 e. The van der Waals surface area contributed by atoms with Crippen LogP contribution in [0.1, 0.15) is 24.0 Å². The number of piperidine rings is 1. The number of nitrogens with one attached hydrogen (secondary N) is 1. The van der Waals surface area contributed by atoms with Gasteiger partial charge in [0.1, 0.15) is 5.75 Å². The summed E-state index contributed by atoms with van der Waals surface area (Å²) in [5.74, 6) is -0.141. The molecule has 6 nitrogen and oxygen atoms in total. The van der Waals surface area contributed by atoms with Crippen LogP contribution in [0.4, 0.5) is 18.9 Å². The molecule has 2 aromatic carbocycles. The number of hydrogen-bond acceptors (Lipinski definition) is 4. The van der Waals surface area contributed by atoms with Gasteiger partial charge in [0.15, 0.2) is 5.96 Å². The van der Waals surface area contributed by atoms with Crippen molar-refractivity contribution in [3.63, 3.8) is 0 Å². The van der Waals surface area contributed by atoms with Crippen LogP contribution in [0.2, 0.25) is 0 Å². The molecule has 1 aliphatic heterocycles. The van der Waals surface area contributed by atoms with E-state index in [0.717, 1.165) is 43.6 Å². The van der Waals surface area contributed by atoms with Gasteiger partial charge in [-0.1, -0.05) is 24.3 Å². The molecule has 0 amide bonds. The maximum Gasteiger partial charge on any atom is 0.573 e. The SMILES string of the molecule is NC(=NCc1ccccc1CN1CCC(O)CC1)Nc1ccc(OC(F)(F)F)cc1. The molecular weight excluding hydrogens is 397 g/mol. The summed E-state index contributed by atoms with van der Waals surface area (Å²) in [6.07, 6.45) is -3.37. The molecule has 9 heteroatoms. The van der Waals surface area contributed by atoms with Crippen molar-refractivity contribution >= 4 is 11.6 Å². The van der Waals surface area contributed by atoms with E-state index in [9.17, 15) is 18.3 Å². The highest BCUT2D eigenvalue weighted by Crippen LogP contribution is 2.24. The number of nitrogens with zero attached hydrogens (tertiary/aromatic N) is 2. The van der Waals surface area contributed by atoms with E-state index in [0.29, 0.717) is 12.2 Å². The van der Waals surface area contributed by atoms with Crippen LogP contribution in [0.5, 0.6) is 5.75 Å². The first kappa shape index (κ1) is 21.9. The first-order valence-electron chi connectivity index (χ1n) is 9.68. The second-order valence-electron chi connectivity index (χ2n) is 7.17. The number of aliphatic imine (C=N–C) groups is 1. The maximum absolute atomic E-state index is 12.2. The van der Waals surface area contributed by atoms with Gasteiger partial charge in [0.05, 0.1) is 12.6 Å². The van der Waals surface area contributed by atoms with Crippen molar-refractivity contribution in [1.29, 1.82) is 0 Å². The molecule has 0 aromatic heterocycles. The Morgan fingerprint density at radius 2 is 1.73 bits per heavy atom. The van der Waals surface area contributed by atoms with E-state index in [-0.39, 0.29) is 17.8 Å². The Morgan fingerprint density at radius 1 is 1.10 bits per heavy atom. The highest BCUT2D eigenvalue weighted by Gasteiger charge is 2.30. The lowest BCUT2D eigenvalue weighted by atomic mass is 10.0. The van der Waals surface area contributed by atoms with Gasteiger partial charge in [-0.25, -0.2) is 4.99 Å². The molecule has 0 saturated carbocycles. The number of alkyl halides is 3. The molecular formula is C21H25F3N4O2. The summed E-state index contributed by atoms with van der Waals surface area (Å²) in [7, 11) is 0. The first-order chi connectivity index (χ1) is 14.3. The number of likely N-dealkylation sites (tertiary alicyclic amines) is 1. The Balaban J connectivity index is 1.57. The van der Waals surface area contributed by atoms with Crippen molar-refractivity contribution in [2.45, 2.75) is 38.4 Å². The van der Waals surface area contributed by atoms with Gasteiger partial charge in [-0.05, 0) is 48.2 Å². The summed E-state index contributed by atoms with van der Waals surface area (Å²) in [6.45, 7) is 2.88. The summed E-state index contributed by atoms with van der Waals surface area (Å²) >= 11 is 0. The summed E-state index contributed by atoms with van der Waals surface area (Å²) in [5, 5.41) is 12.5. The summed E-state index contributed by atoms with van der Waals surface area (Å²) in [6, 6.07) is 13.2. The van der Waals surface area contributed by atoms with Crippen LogP contribution in [0.25, 0.3) is 0 Å². The lowest BCUT2D eigenvalue weighted by molar-refractivity contribution is -0.274. The molecule has 1 saturated heterocycles. The number of hydrogen-bond donors (Lipinski definition) is 3. The molecule has 1 aliphatic rings. The van der Waals surface area contributed by atoms with E-state index in [1.54, 1.807) is 0 Å². The number of aliphatic hydroxyl groups excluding tert-OH is 1. The number of benzene rings is 2. The van der Waals surface area contributed by atoms with Gasteiger partial charge in [-0.2, -0.15) is 0 Å². The molecule has 1 fully saturated rings. The van der Waals surface area contributed by atoms with Gasteiger partial charge in [-0.15, -0.1) is 13.2 Å². The standard InChI is InChI=1S/C21H25F3N4O2/c22-21(23,24)30-19-7-5-17(6-8-19)27-20(25)26-13-15-3-1-2-4-16(15)14-28-11-9-18(29)10-12-28/h1-8,18,29H,9-14H2,(H3,25,26,27). The van der Waals surface area contributed by atoms with Crippen molar-refractivity contribution in [1.82, 2.24) is 4.90 Å². The Morgan fingerprint density at radius 3 is 2.37 bits per heavy atom. The van der Waals surface area contributed by atoms with E-state index in [4.69, 9.17) is 5.73 Å². The molecule has 3 rings (SSSR count). The minimum absolute atomic E-state index is 0.162. The third-order valence-electron chi connectivity index (χ3n) is 4.85. The zero-order valence-corrected chi connectivity index (χ0v) is 16.4. The van der Waals surface area contributed by atoms with E-state index in [2.05, 4.69) is 26.0 Å². The van der Waals surface area contributed by atoms with Crippen LogP contribution < -0.4 is 15.8 Å². The van der Waals surface area contributed by atoms with Crippen molar-refractivity contribution in [3.05, 3.63) is 59.7 Å². The number of rotatable bonds is 6. The van der Waals surface area contributed by atoms with Gasteiger partial charge in [0.2, 0.25) is 0 Å². The highest BCUT2D eigenvalue weighted by atomic mass is 19.4. The fourth-order valence-electron chi connectivity index (χ4n) is 3.28. The zero-order valence-electron chi connectivity index (χ0n) is 16.4. The second kappa shape index (κ2) is 9.82. The number of nitrogens with two attached hydrogens (primary N) is 1. The van der Waals surface area contributed by atoms with Crippen molar-refractivity contribution < 1.29 is 23.0 Å². The summed E-state index contributed by atoms with van der Waals surface area (Å²) in [4.78, 5) is 6.66. The Labute approximate surface area is 173 Å². The third-order valence-corrected chi connectivity index (χ3v) is 4.85. The lowest BCUT2D eigenvalue weighted by Gasteiger charge is -2.30. The third kappa shape index (κ3) is 6.93. The number of ether oxygens (including phenoxy) is 1. The molecule has 4 N–H and O–H groups in total.